The number of rotatable bonds is 11. The number of alkyl halides is 6. The molecule has 0 aromatic heterocycles. The Balaban J connectivity index is 1.77. The first-order valence-electron chi connectivity index (χ1n) is 16.1. The summed E-state index contributed by atoms with van der Waals surface area (Å²) in [4.78, 5) is 15.6. The fourth-order valence-corrected chi connectivity index (χ4v) is 6.88. The zero-order chi connectivity index (χ0) is 37.0. The summed E-state index contributed by atoms with van der Waals surface area (Å²) >= 11 is -1.62. The van der Waals surface area contributed by atoms with Crippen molar-refractivity contribution in [3.8, 4) is 0 Å². The van der Waals surface area contributed by atoms with Gasteiger partial charge in [0.25, 0.3) is 0 Å². The molecular weight excluding hydrogens is 686 g/mol. The van der Waals surface area contributed by atoms with E-state index in [0.717, 1.165) is 0 Å². The Bertz CT molecular complexity index is 1540. The fourth-order valence-electron chi connectivity index (χ4n) is 5.91. The minimum atomic E-state index is -5.04. The van der Waals surface area contributed by atoms with Crippen molar-refractivity contribution < 1.29 is 50.3 Å². The second-order valence-corrected chi connectivity index (χ2v) is 15.5. The molecule has 1 amide bonds. The number of amides is 1. The number of nitrogens with one attached hydrogen (secondary N) is 1. The van der Waals surface area contributed by atoms with Crippen molar-refractivity contribution in [3.63, 3.8) is 0 Å². The van der Waals surface area contributed by atoms with Crippen LogP contribution in [0.5, 0.6) is 0 Å². The van der Waals surface area contributed by atoms with Gasteiger partial charge >= 0.3 is 18.4 Å². The van der Waals surface area contributed by atoms with E-state index in [1.807, 2.05) is 0 Å². The Morgan fingerprint density at radius 1 is 0.940 bits per heavy atom. The van der Waals surface area contributed by atoms with Crippen LogP contribution in [-0.4, -0.2) is 50.7 Å². The molecule has 3 aromatic carbocycles. The van der Waals surface area contributed by atoms with Gasteiger partial charge in [0.15, 0.2) is 0 Å². The number of aliphatic hydroxyl groups excluding tert-OH is 1. The smallest absolute Gasteiger partial charge is 0.416 e. The highest BCUT2D eigenvalue weighted by molar-refractivity contribution is 7.90. The van der Waals surface area contributed by atoms with E-state index in [1.165, 1.54) is 11.8 Å². The summed E-state index contributed by atoms with van der Waals surface area (Å²) in [6.45, 7) is 5.82. The van der Waals surface area contributed by atoms with Crippen molar-refractivity contribution >= 4 is 17.5 Å². The summed E-state index contributed by atoms with van der Waals surface area (Å²) in [7, 11) is 0. The number of aliphatic hydroxyl groups is 1. The Morgan fingerprint density at radius 2 is 1.50 bits per heavy atom. The van der Waals surface area contributed by atoms with Gasteiger partial charge in [-0.25, -0.2) is 4.79 Å². The lowest BCUT2D eigenvalue weighted by molar-refractivity contribution is -0.143. The molecule has 1 aliphatic rings. The third-order valence-corrected chi connectivity index (χ3v) is 10.6. The van der Waals surface area contributed by atoms with Gasteiger partial charge in [0.05, 0.1) is 34.9 Å². The third-order valence-electron chi connectivity index (χ3n) is 8.84. The standard InChI is InChI=1S/C36H42F6N2O5S/c1-25(27-19-29(35(37,38)39)21-30(20-27)36(40,41)42)49-24-34(28-13-9-6-10-14-28)16-15-33(17-18-45,43-50(47)32(2,3)4)23-44(34)31(46)48-22-26-11-7-5-8-12-26/h5-14,19-21,25,43,45H,15-18,22-24H2,1-4H3/t25-,33?,34-,50?/m1/s1. The van der Waals surface area contributed by atoms with Crippen molar-refractivity contribution in [1.82, 2.24) is 9.62 Å². The average Bonchev–Trinajstić information content (AvgIpc) is 3.06. The van der Waals surface area contributed by atoms with E-state index in [2.05, 4.69) is 4.72 Å². The molecule has 0 radical (unpaired) electrons. The maximum atomic E-state index is 14.2. The predicted molar refractivity (Wildman–Crippen MR) is 177 cm³/mol. The van der Waals surface area contributed by atoms with Crippen molar-refractivity contribution in [2.24, 2.45) is 0 Å². The van der Waals surface area contributed by atoms with Crippen molar-refractivity contribution in [3.05, 3.63) is 107 Å². The Kier molecular flexibility index (Phi) is 12.3. The topological polar surface area (TPSA) is 94.1 Å². The highest BCUT2D eigenvalue weighted by atomic mass is 32.2. The van der Waals surface area contributed by atoms with Crippen molar-refractivity contribution in [2.45, 2.75) is 87.8 Å². The molecule has 0 spiro atoms. The summed E-state index contributed by atoms with van der Waals surface area (Å²) in [5.41, 5.74) is -4.38. The number of hydrogen-bond donors (Lipinski definition) is 2. The van der Waals surface area contributed by atoms with Gasteiger partial charge in [-0.15, -0.1) is 4.72 Å². The summed E-state index contributed by atoms with van der Waals surface area (Å²) in [5.74, 6) is 0. The molecule has 7 nitrogen and oxygen atoms in total. The molecule has 14 heteroatoms. The first-order chi connectivity index (χ1) is 23.3. The minimum absolute atomic E-state index is 0.0581. The maximum absolute atomic E-state index is 14.2. The van der Waals surface area contributed by atoms with Crippen LogP contribution in [-0.2, 0) is 45.3 Å². The number of piperidine rings is 1. The summed E-state index contributed by atoms with van der Waals surface area (Å²) < 4.78 is 110. The SMILES string of the molecule is C[C@@H](OC[C@@]1(c2ccccc2)CCC(CCO)(N[S+]([O-])C(C)(C)C)CN1C(=O)OCc1ccccc1)c1cc(C(F)(F)F)cc(C(F)(F)F)c1. The van der Waals surface area contributed by atoms with Crippen LogP contribution in [0.4, 0.5) is 31.1 Å². The van der Waals surface area contributed by atoms with Crippen LogP contribution in [0.3, 0.4) is 0 Å². The third kappa shape index (κ3) is 9.52. The normalized spacial score (nSPS) is 21.5. The van der Waals surface area contributed by atoms with Crippen LogP contribution in [0.25, 0.3) is 0 Å². The van der Waals surface area contributed by atoms with E-state index in [4.69, 9.17) is 9.47 Å². The molecule has 0 saturated carbocycles. The van der Waals surface area contributed by atoms with E-state index in [-0.39, 0.29) is 57.3 Å². The van der Waals surface area contributed by atoms with Gasteiger partial charge in [-0.2, -0.15) is 26.3 Å². The Hall–Kier alpha value is -3.30. The molecule has 1 aliphatic heterocycles. The van der Waals surface area contributed by atoms with E-state index in [0.29, 0.717) is 23.3 Å². The first-order valence-corrected chi connectivity index (χ1v) is 17.2. The first kappa shape index (κ1) is 39.5. The van der Waals surface area contributed by atoms with Crippen LogP contribution < -0.4 is 4.72 Å². The molecule has 0 aliphatic carbocycles. The fraction of sp³-hybridized carbons (Fsp3) is 0.472. The number of halogens is 6. The molecular formula is C36H42F6N2O5S. The highest BCUT2D eigenvalue weighted by Crippen LogP contribution is 2.45. The van der Waals surface area contributed by atoms with Gasteiger partial charge in [0.1, 0.15) is 11.4 Å². The summed E-state index contributed by atoms with van der Waals surface area (Å²) in [5, 5.41) is 10.1. The number of nitrogens with zero attached hydrogens (tertiary/aromatic N) is 1. The monoisotopic (exact) mass is 728 g/mol. The van der Waals surface area contributed by atoms with Crippen LogP contribution >= 0.6 is 0 Å². The number of hydrogen-bond acceptors (Lipinski definition) is 6. The molecule has 0 bridgehead atoms. The molecule has 1 heterocycles. The van der Waals surface area contributed by atoms with E-state index >= 15 is 0 Å². The van der Waals surface area contributed by atoms with Gasteiger partial charge in [-0.05, 0) is 81.8 Å². The zero-order valence-electron chi connectivity index (χ0n) is 28.2. The second-order valence-electron chi connectivity index (χ2n) is 13.6. The predicted octanol–water partition coefficient (Wildman–Crippen LogP) is 8.30. The largest absolute Gasteiger partial charge is 0.598 e. The van der Waals surface area contributed by atoms with Gasteiger partial charge in [-0.1, -0.05) is 60.7 Å². The lowest BCUT2D eigenvalue weighted by atomic mass is 9.74. The second kappa shape index (κ2) is 15.5. The zero-order valence-corrected chi connectivity index (χ0v) is 29.1. The number of benzene rings is 3. The Labute approximate surface area is 291 Å². The summed E-state index contributed by atoms with van der Waals surface area (Å²) in [6.07, 6.45) is -11.6. The lowest BCUT2D eigenvalue weighted by Crippen LogP contribution is -2.68. The molecule has 4 rings (SSSR count). The minimum Gasteiger partial charge on any atom is -0.598 e. The number of carbonyl (C=O) groups excluding carboxylic acids is 1. The van der Waals surface area contributed by atoms with Crippen molar-refractivity contribution in [1.29, 1.82) is 0 Å². The highest BCUT2D eigenvalue weighted by Gasteiger charge is 2.54. The van der Waals surface area contributed by atoms with Crippen LogP contribution in [0, 0.1) is 0 Å². The van der Waals surface area contributed by atoms with E-state index in [9.17, 15) is 40.8 Å². The van der Waals surface area contributed by atoms with Gasteiger partial charge < -0.3 is 19.1 Å². The van der Waals surface area contributed by atoms with Crippen LogP contribution in [0.1, 0.15) is 80.9 Å². The van der Waals surface area contributed by atoms with Gasteiger partial charge in [0, 0.05) is 24.5 Å². The number of carbonyl (C=O) groups is 1. The number of likely N-dealkylation sites (tertiary alicyclic amines) is 1. The van der Waals surface area contributed by atoms with Crippen molar-refractivity contribution in [2.75, 3.05) is 19.8 Å². The summed E-state index contributed by atoms with van der Waals surface area (Å²) in [6, 6.07) is 18.9. The van der Waals surface area contributed by atoms with Crippen LogP contribution in [0.2, 0.25) is 0 Å². The molecule has 1 saturated heterocycles. The number of ether oxygens (including phenoxy) is 2. The molecule has 4 atom stereocenters. The van der Waals surface area contributed by atoms with Crippen LogP contribution in [0.15, 0.2) is 78.9 Å². The van der Waals surface area contributed by atoms with E-state index < -0.39 is 62.9 Å². The van der Waals surface area contributed by atoms with Gasteiger partial charge in [0.2, 0.25) is 0 Å². The average molecular weight is 729 g/mol. The lowest BCUT2D eigenvalue weighted by Gasteiger charge is -2.53. The molecule has 50 heavy (non-hydrogen) atoms. The molecule has 1 fully saturated rings. The molecule has 2 unspecified atom stereocenters. The van der Waals surface area contributed by atoms with E-state index in [1.54, 1.807) is 81.4 Å². The molecule has 3 aromatic rings. The maximum Gasteiger partial charge on any atom is 0.416 e. The Morgan fingerprint density at radius 3 is 2.02 bits per heavy atom. The van der Waals surface area contributed by atoms with Gasteiger partial charge in [-0.3, -0.25) is 4.90 Å². The molecule has 274 valence electrons. The quantitative estimate of drug-likeness (QED) is 0.153. The molecule has 2 N–H and O–H groups in total.